The van der Waals surface area contributed by atoms with Gasteiger partial charge in [0.2, 0.25) is 15.9 Å². The number of piperidine rings is 1. The summed E-state index contributed by atoms with van der Waals surface area (Å²) >= 11 is 0. The first-order valence-electron chi connectivity index (χ1n) is 8.46. The number of nitrogens with zero attached hydrogens (tertiary/aromatic N) is 3. The van der Waals surface area contributed by atoms with Crippen LogP contribution in [0.15, 0.2) is 60.3 Å². The SMILES string of the molecule is C=CC(=O)NC1CCN(S(=O)(=O)c2ccc(-n3cccn3)cc2)C(C)C1. The molecule has 0 bridgehead atoms. The lowest BCUT2D eigenvalue weighted by molar-refractivity contribution is -0.117. The van der Waals surface area contributed by atoms with Gasteiger partial charge in [-0.3, -0.25) is 4.79 Å². The van der Waals surface area contributed by atoms with Gasteiger partial charge in [0, 0.05) is 31.0 Å². The van der Waals surface area contributed by atoms with Crippen LogP contribution in [0.4, 0.5) is 0 Å². The number of nitrogens with one attached hydrogen (secondary N) is 1. The normalized spacial score (nSPS) is 21.3. The quantitative estimate of drug-likeness (QED) is 0.808. The number of amides is 1. The van der Waals surface area contributed by atoms with Crippen molar-refractivity contribution >= 4 is 15.9 Å². The summed E-state index contributed by atoms with van der Waals surface area (Å²) in [7, 11) is -3.58. The highest BCUT2D eigenvalue weighted by atomic mass is 32.2. The molecule has 1 N–H and O–H groups in total. The van der Waals surface area contributed by atoms with Crippen LogP contribution in [-0.4, -0.2) is 47.0 Å². The largest absolute Gasteiger partial charge is 0.350 e. The van der Waals surface area contributed by atoms with E-state index >= 15 is 0 Å². The first-order chi connectivity index (χ1) is 12.4. The van der Waals surface area contributed by atoms with Crippen molar-refractivity contribution in [3.8, 4) is 5.69 Å². The molecule has 3 rings (SSSR count). The summed E-state index contributed by atoms with van der Waals surface area (Å²) in [4.78, 5) is 11.7. The number of benzene rings is 1. The Labute approximate surface area is 153 Å². The topological polar surface area (TPSA) is 84.3 Å². The van der Waals surface area contributed by atoms with Gasteiger partial charge >= 0.3 is 0 Å². The highest BCUT2D eigenvalue weighted by molar-refractivity contribution is 7.89. The summed E-state index contributed by atoms with van der Waals surface area (Å²) < 4.78 is 29.1. The van der Waals surface area contributed by atoms with E-state index in [0.717, 1.165) is 5.69 Å². The highest BCUT2D eigenvalue weighted by Crippen LogP contribution is 2.26. The third kappa shape index (κ3) is 3.71. The molecule has 1 fully saturated rings. The Kier molecular flexibility index (Phi) is 5.24. The van der Waals surface area contributed by atoms with Gasteiger partial charge in [-0.1, -0.05) is 6.58 Å². The molecule has 1 amide bonds. The van der Waals surface area contributed by atoms with Crippen LogP contribution < -0.4 is 5.32 Å². The first-order valence-corrected chi connectivity index (χ1v) is 9.90. The van der Waals surface area contributed by atoms with Gasteiger partial charge in [0.25, 0.3) is 0 Å². The average Bonchev–Trinajstić information content (AvgIpc) is 3.16. The standard InChI is InChI=1S/C18H22N4O3S/c1-3-18(23)20-15-9-12-22(14(2)13-15)26(24,25)17-7-5-16(6-8-17)21-11-4-10-19-21/h3-8,10-11,14-15H,1,9,12-13H2,2H3,(H,20,23). The second kappa shape index (κ2) is 7.43. The Morgan fingerprint density at radius 2 is 2.08 bits per heavy atom. The minimum absolute atomic E-state index is 0.0378. The van der Waals surface area contributed by atoms with Crippen molar-refractivity contribution in [1.29, 1.82) is 0 Å². The number of carbonyl (C=O) groups is 1. The minimum Gasteiger partial charge on any atom is -0.350 e. The van der Waals surface area contributed by atoms with E-state index in [4.69, 9.17) is 0 Å². The second-order valence-corrected chi connectivity index (χ2v) is 8.23. The van der Waals surface area contributed by atoms with E-state index in [9.17, 15) is 13.2 Å². The van der Waals surface area contributed by atoms with E-state index in [1.54, 1.807) is 41.3 Å². The summed E-state index contributed by atoms with van der Waals surface area (Å²) in [5.41, 5.74) is 0.799. The van der Waals surface area contributed by atoms with Crippen molar-refractivity contribution in [1.82, 2.24) is 19.4 Å². The maximum atomic E-state index is 13.0. The molecule has 0 aliphatic carbocycles. The summed E-state index contributed by atoms with van der Waals surface area (Å²) in [5.74, 6) is -0.229. The lowest BCUT2D eigenvalue weighted by atomic mass is 10.0. The van der Waals surface area contributed by atoms with Crippen LogP contribution >= 0.6 is 0 Å². The molecule has 1 aromatic carbocycles. The molecule has 138 valence electrons. The van der Waals surface area contributed by atoms with Crippen LogP contribution in [0.2, 0.25) is 0 Å². The van der Waals surface area contributed by atoms with E-state index in [0.29, 0.717) is 19.4 Å². The van der Waals surface area contributed by atoms with Gasteiger partial charge in [-0.05, 0) is 56.2 Å². The molecule has 2 aromatic rings. The van der Waals surface area contributed by atoms with E-state index in [-0.39, 0.29) is 22.9 Å². The molecule has 0 spiro atoms. The Morgan fingerprint density at radius 3 is 2.65 bits per heavy atom. The first kappa shape index (κ1) is 18.3. The molecule has 1 aliphatic rings. The molecule has 0 saturated carbocycles. The van der Waals surface area contributed by atoms with Gasteiger partial charge in [-0.25, -0.2) is 13.1 Å². The minimum atomic E-state index is -3.58. The highest BCUT2D eigenvalue weighted by Gasteiger charge is 2.34. The van der Waals surface area contributed by atoms with Crippen molar-refractivity contribution in [3.63, 3.8) is 0 Å². The Bertz CT molecular complexity index is 876. The van der Waals surface area contributed by atoms with E-state index < -0.39 is 10.0 Å². The zero-order valence-corrected chi connectivity index (χ0v) is 15.4. The number of rotatable bonds is 5. The van der Waals surface area contributed by atoms with Crippen LogP contribution in [0.1, 0.15) is 19.8 Å². The third-order valence-corrected chi connectivity index (χ3v) is 6.59. The van der Waals surface area contributed by atoms with Crippen LogP contribution in [0, 0.1) is 0 Å². The maximum absolute atomic E-state index is 13.0. The van der Waals surface area contributed by atoms with Crippen molar-refractivity contribution in [2.45, 2.75) is 36.7 Å². The fourth-order valence-corrected chi connectivity index (χ4v) is 4.88. The third-order valence-electron chi connectivity index (χ3n) is 4.56. The fourth-order valence-electron chi connectivity index (χ4n) is 3.23. The summed E-state index contributed by atoms with van der Waals surface area (Å²) in [5, 5.41) is 6.98. The lowest BCUT2D eigenvalue weighted by Crippen LogP contribution is -2.50. The molecule has 2 atom stereocenters. The van der Waals surface area contributed by atoms with Gasteiger partial charge in [0.05, 0.1) is 10.6 Å². The summed E-state index contributed by atoms with van der Waals surface area (Å²) in [6.45, 7) is 5.67. The van der Waals surface area contributed by atoms with Crippen LogP contribution in [0.5, 0.6) is 0 Å². The Balaban J connectivity index is 1.74. The number of hydrogen-bond donors (Lipinski definition) is 1. The fraction of sp³-hybridized carbons (Fsp3) is 0.333. The van der Waals surface area contributed by atoms with Crippen molar-refractivity contribution in [3.05, 3.63) is 55.4 Å². The zero-order chi connectivity index (χ0) is 18.7. The molecule has 1 saturated heterocycles. The molecule has 8 heteroatoms. The molecule has 1 aliphatic heterocycles. The van der Waals surface area contributed by atoms with Crippen molar-refractivity contribution in [2.75, 3.05) is 6.54 Å². The maximum Gasteiger partial charge on any atom is 0.243 e. The lowest BCUT2D eigenvalue weighted by Gasteiger charge is -2.36. The monoisotopic (exact) mass is 374 g/mol. The van der Waals surface area contributed by atoms with Crippen molar-refractivity contribution < 1.29 is 13.2 Å². The molecular formula is C18H22N4O3S. The predicted molar refractivity (Wildman–Crippen MR) is 98.3 cm³/mol. The van der Waals surface area contributed by atoms with Gasteiger partial charge < -0.3 is 5.32 Å². The molecular weight excluding hydrogens is 352 g/mol. The second-order valence-electron chi connectivity index (χ2n) is 6.34. The molecule has 2 heterocycles. The van der Waals surface area contributed by atoms with Gasteiger partial charge in [0.1, 0.15) is 0 Å². The van der Waals surface area contributed by atoms with Crippen LogP contribution in [0.25, 0.3) is 5.69 Å². The molecule has 26 heavy (non-hydrogen) atoms. The van der Waals surface area contributed by atoms with Crippen LogP contribution in [-0.2, 0) is 14.8 Å². The van der Waals surface area contributed by atoms with Gasteiger partial charge in [0.15, 0.2) is 0 Å². The van der Waals surface area contributed by atoms with Crippen molar-refractivity contribution in [2.24, 2.45) is 0 Å². The molecule has 1 aromatic heterocycles. The van der Waals surface area contributed by atoms with E-state index in [1.807, 2.05) is 13.0 Å². The molecule has 2 unspecified atom stereocenters. The number of aromatic nitrogens is 2. The average molecular weight is 374 g/mol. The summed E-state index contributed by atoms with van der Waals surface area (Å²) in [6.07, 6.45) is 5.85. The summed E-state index contributed by atoms with van der Waals surface area (Å²) in [6, 6.07) is 8.25. The van der Waals surface area contributed by atoms with Crippen LogP contribution in [0.3, 0.4) is 0 Å². The van der Waals surface area contributed by atoms with Gasteiger partial charge in [-0.15, -0.1) is 0 Å². The zero-order valence-electron chi connectivity index (χ0n) is 14.6. The number of sulfonamides is 1. The Morgan fingerprint density at radius 1 is 1.35 bits per heavy atom. The van der Waals surface area contributed by atoms with E-state index in [1.165, 1.54) is 10.4 Å². The molecule has 0 radical (unpaired) electrons. The molecule has 7 nitrogen and oxygen atoms in total. The predicted octanol–water partition coefficient (Wildman–Crippen LogP) is 1.72. The van der Waals surface area contributed by atoms with E-state index in [2.05, 4.69) is 17.0 Å². The van der Waals surface area contributed by atoms with Gasteiger partial charge in [-0.2, -0.15) is 9.40 Å². The Hall–Kier alpha value is -2.45. The smallest absolute Gasteiger partial charge is 0.243 e. The number of carbonyl (C=O) groups excluding carboxylic acids is 1. The number of hydrogen-bond acceptors (Lipinski definition) is 4.